The van der Waals surface area contributed by atoms with Crippen LogP contribution in [-0.2, 0) is 17.4 Å². The number of aromatic nitrogens is 3. The van der Waals surface area contributed by atoms with Crippen LogP contribution in [0.5, 0.6) is 5.88 Å². The van der Waals surface area contributed by atoms with Crippen molar-refractivity contribution < 1.29 is 22.7 Å². The van der Waals surface area contributed by atoms with Gasteiger partial charge in [0.25, 0.3) is 0 Å². The Labute approximate surface area is 193 Å². The number of anilines is 1. The number of nitrogens with one attached hydrogen (secondary N) is 2. The number of hydrogen-bond donors (Lipinski definition) is 2. The first-order chi connectivity index (χ1) is 16.4. The van der Waals surface area contributed by atoms with Gasteiger partial charge in [-0.25, -0.2) is 4.98 Å². The van der Waals surface area contributed by atoms with E-state index in [4.69, 9.17) is 4.74 Å². The Bertz CT molecular complexity index is 1320. The fraction of sp³-hybridized carbons (Fsp3) is 0.240. The number of benzene rings is 2. The quantitative estimate of drug-likeness (QED) is 0.394. The summed E-state index contributed by atoms with van der Waals surface area (Å²) in [5.74, 6) is -0.114. The summed E-state index contributed by atoms with van der Waals surface area (Å²) < 4.78 is 44.8. The lowest BCUT2D eigenvalue weighted by Crippen LogP contribution is -2.33. The summed E-state index contributed by atoms with van der Waals surface area (Å²) in [4.78, 5) is 16.3. The van der Waals surface area contributed by atoms with E-state index in [0.717, 1.165) is 28.1 Å². The Hall–Kier alpha value is -3.88. The lowest BCUT2D eigenvalue weighted by Gasteiger charge is -2.34. The number of hydrogen-bond acceptors (Lipinski definition) is 4. The van der Waals surface area contributed by atoms with Crippen LogP contribution in [0, 0.1) is 0 Å². The number of fused-ring (bicyclic) bond motifs is 1. The van der Waals surface area contributed by atoms with Gasteiger partial charge in [-0.1, -0.05) is 42.5 Å². The highest BCUT2D eigenvalue weighted by atomic mass is 19.4. The fourth-order valence-corrected chi connectivity index (χ4v) is 4.19. The van der Waals surface area contributed by atoms with Gasteiger partial charge in [0.15, 0.2) is 5.82 Å². The smallest absolute Gasteiger partial charge is 0.421 e. The van der Waals surface area contributed by atoms with Gasteiger partial charge in [0.2, 0.25) is 11.8 Å². The molecule has 0 atom stereocenters. The van der Waals surface area contributed by atoms with Crippen molar-refractivity contribution in [3.63, 3.8) is 0 Å². The summed E-state index contributed by atoms with van der Waals surface area (Å²) >= 11 is 0. The van der Waals surface area contributed by atoms with Crippen molar-refractivity contribution in [2.75, 3.05) is 5.32 Å². The van der Waals surface area contributed by atoms with Gasteiger partial charge in [-0.05, 0) is 41.3 Å². The standard InChI is InChI=1S/C25H21F3N4O2/c26-25(27,28)20-9-4-10-29-24(20)34-18-11-17(12-18)21-14-22(32-31-21)30-23(33)13-16-7-3-6-15-5-1-2-8-19(15)16/h1-10,14,17-18H,11-13H2,(H2,30,31,32,33). The number of amides is 1. The summed E-state index contributed by atoms with van der Waals surface area (Å²) in [6.07, 6.45) is -2.33. The van der Waals surface area contributed by atoms with Crippen LogP contribution in [0.4, 0.5) is 19.0 Å². The summed E-state index contributed by atoms with van der Waals surface area (Å²) in [7, 11) is 0. The largest absolute Gasteiger partial charge is 0.474 e. The third-order valence-corrected chi connectivity index (χ3v) is 5.99. The minimum absolute atomic E-state index is 0.0549. The molecule has 2 N–H and O–H groups in total. The van der Waals surface area contributed by atoms with Gasteiger partial charge >= 0.3 is 6.18 Å². The average molecular weight is 466 g/mol. The van der Waals surface area contributed by atoms with E-state index in [1.165, 1.54) is 12.3 Å². The molecule has 174 valence electrons. The van der Waals surface area contributed by atoms with E-state index in [1.54, 1.807) is 6.07 Å². The van der Waals surface area contributed by atoms with E-state index in [-0.39, 0.29) is 24.3 Å². The molecule has 0 saturated heterocycles. The van der Waals surface area contributed by atoms with Crippen molar-refractivity contribution in [1.82, 2.24) is 15.2 Å². The molecule has 4 aromatic rings. The molecule has 1 aliphatic rings. The number of aromatic amines is 1. The van der Waals surface area contributed by atoms with Crippen LogP contribution in [0.15, 0.2) is 66.9 Å². The van der Waals surface area contributed by atoms with E-state index in [9.17, 15) is 18.0 Å². The second-order valence-electron chi connectivity index (χ2n) is 8.33. The van der Waals surface area contributed by atoms with E-state index in [1.807, 2.05) is 42.5 Å². The summed E-state index contributed by atoms with van der Waals surface area (Å²) in [6, 6.07) is 17.7. The maximum absolute atomic E-state index is 13.1. The Morgan fingerprint density at radius 3 is 2.71 bits per heavy atom. The molecule has 34 heavy (non-hydrogen) atoms. The number of pyridine rings is 1. The van der Waals surface area contributed by atoms with Crippen molar-refractivity contribution >= 4 is 22.5 Å². The van der Waals surface area contributed by atoms with Crippen molar-refractivity contribution in [3.05, 3.63) is 83.7 Å². The number of carbonyl (C=O) groups excluding carboxylic acids is 1. The van der Waals surface area contributed by atoms with Crippen LogP contribution >= 0.6 is 0 Å². The van der Waals surface area contributed by atoms with Crippen LogP contribution in [0.3, 0.4) is 0 Å². The van der Waals surface area contributed by atoms with E-state index in [0.29, 0.717) is 18.7 Å². The van der Waals surface area contributed by atoms with Crippen molar-refractivity contribution in [3.8, 4) is 5.88 Å². The minimum atomic E-state index is -4.52. The van der Waals surface area contributed by atoms with E-state index < -0.39 is 17.6 Å². The highest BCUT2D eigenvalue weighted by Crippen LogP contribution is 2.41. The first kappa shape index (κ1) is 21.9. The van der Waals surface area contributed by atoms with Gasteiger partial charge in [-0.3, -0.25) is 9.89 Å². The van der Waals surface area contributed by atoms with Gasteiger partial charge in [0.1, 0.15) is 11.7 Å². The number of rotatable bonds is 6. The number of nitrogens with zero attached hydrogens (tertiary/aromatic N) is 2. The van der Waals surface area contributed by atoms with Crippen molar-refractivity contribution in [2.24, 2.45) is 0 Å². The molecular formula is C25H21F3N4O2. The first-order valence-electron chi connectivity index (χ1n) is 10.9. The zero-order chi connectivity index (χ0) is 23.7. The van der Waals surface area contributed by atoms with Crippen LogP contribution in [0.25, 0.3) is 10.8 Å². The van der Waals surface area contributed by atoms with Gasteiger partial charge in [-0.15, -0.1) is 0 Å². The molecule has 2 aromatic carbocycles. The van der Waals surface area contributed by atoms with Gasteiger partial charge < -0.3 is 10.1 Å². The number of alkyl halides is 3. The molecule has 0 aliphatic heterocycles. The Kier molecular flexibility index (Phi) is 5.69. The SMILES string of the molecule is O=C(Cc1cccc2ccccc12)Nc1cc(C2CC(Oc3ncccc3C(F)(F)F)C2)[nH]n1. The van der Waals surface area contributed by atoms with E-state index >= 15 is 0 Å². The number of halogens is 3. The molecule has 1 aliphatic carbocycles. The first-order valence-corrected chi connectivity index (χ1v) is 10.9. The Morgan fingerprint density at radius 2 is 1.88 bits per heavy atom. The lowest BCUT2D eigenvalue weighted by molar-refractivity contribution is -0.140. The minimum Gasteiger partial charge on any atom is -0.474 e. The normalized spacial score (nSPS) is 17.9. The molecular weight excluding hydrogens is 445 g/mol. The molecule has 0 bridgehead atoms. The molecule has 1 fully saturated rings. The molecule has 0 unspecified atom stereocenters. The van der Waals surface area contributed by atoms with Crippen molar-refractivity contribution in [2.45, 2.75) is 37.5 Å². The third-order valence-electron chi connectivity index (χ3n) is 5.99. The fourth-order valence-electron chi connectivity index (χ4n) is 4.19. The summed E-state index contributed by atoms with van der Waals surface area (Å²) in [5.41, 5.74) is 0.853. The highest BCUT2D eigenvalue weighted by Gasteiger charge is 2.38. The number of H-pyrrole nitrogens is 1. The van der Waals surface area contributed by atoms with Crippen LogP contribution in [0.2, 0.25) is 0 Å². The van der Waals surface area contributed by atoms with Crippen LogP contribution in [-0.4, -0.2) is 27.2 Å². The molecule has 0 radical (unpaired) electrons. The molecule has 9 heteroatoms. The van der Waals surface area contributed by atoms with Crippen molar-refractivity contribution in [1.29, 1.82) is 0 Å². The Balaban J connectivity index is 1.17. The Morgan fingerprint density at radius 1 is 1.09 bits per heavy atom. The number of ether oxygens (including phenoxy) is 1. The van der Waals surface area contributed by atoms with Gasteiger partial charge in [0.05, 0.1) is 6.42 Å². The molecule has 2 aromatic heterocycles. The van der Waals surface area contributed by atoms with Gasteiger partial charge in [0, 0.05) is 23.9 Å². The molecule has 2 heterocycles. The lowest BCUT2D eigenvalue weighted by atomic mass is 9.80. The maximum atomic E-state index is 13.1. The van der Waals surface area contributed by atoms with Crippen LogP contribution in [0.1, 0.15) is 35.6 Å². The molecule has 1 amide bonds. The zero-order valence-corrected chi connectivity index (χ0v) is 18.0. The van der Waals surface area contributed by atoms with E-state index in [2.05, 4.69) is 20.5 Å². The second kappa shape index (κ2) is 8.81. The van der Waals surface area contributed by atoms with Gasteiger partial charge in [-0.2, -0.15) is 18.3 Å². The highest BCUT2D eigenvalue weighted by molar-refractivity contribution is 5.95. The molecule has 0 spiro atoms. The summed E-state index contributed by atoms with van der Waals surface area (Å²) in [6.45, 7) is 0. The zero-order valence-electron chi connectivity index (χ0n) is 18.0. The maximum Gasteiger partial charge on any atom is 0.421 e. The summed E-state index contributed by atoms with van der Waals surface area (Å²) in [5, 5.41) is 12.0. The third kappa shape index (κ3) is 4.59. The number of carbonyl (C=O) groups is 1. The predicted octanol–water partition coefficient (Wildman–Crippen LogP) is 5.48. The van der Waals surface area contributed by atoms with Crippen LogP contribution < -0.4 is 10.1 Å². The molecule has 5 rings (SSSR count). The topological polar surface area (TPSA) is 79.9 Å². The molecule has 6 nitrogen and oxygen atoms in total. The average Bonchev–Trinajstić information content (AvgIpc) is 3.23. The molecule has 1 saturated carbocycles. The predicted molar refractivity (Wildman–Crippen MR) is 120 cm³/mol. The monoisotopic (exact) mass is 466 g/mol. The second-order valence-corrected chi connectivity index (χ2v) is 8.33.